The van der Waals surface area contributed by atoms with Crippen molar-refractivity contribution in [3.8, 4) is 0 Å². The lowest BCUT2D eigenvalue weighted by atomic mass is 10.5. The molecule has 0 aliphatic rings. The Bertz CT molecular complexity index is 337. The van der Waals surface area contributed by atoms with Gasteiger partial charge in [-0.05, 0) is 6.07 Å². The van der Waals surface area contributed by atoms with Gasteiger partial charge in [-0.15, -0.1) is 0 Å². The van der Waals surface area contributed by atoms with Gasteiger partial charge in [-0.3, -0.25) is 0 Å². The summed E-state index contributed by atoms with van der Waals surface area (Å²) in [5, 5.41) is 22.6. The Labute approximate surface area is 97.1 Å². The number of aromatic nitrogens is 2. The molecule has 1 aromatic rings. The summed E-state index contributed by atoms with van der Waals surface area (Å²) in [6.07, 6.45) is 4.31. The van der Waals surface area contributed by atoms with Crippen LogP contribution in [0, 0.1) is 0 Å². The maximum absolute atomic E-state index is 9.55. The lowest BCUT2D eigenvalue weighted by Gasteiger charge is -1.82. The fourth-order valence-corrected chi connectivity index (χ4v) is 0.453. The molecule has 8 heteroatoms. The summed E-state index contributed by atoms with van der Waals surface area (Å²) < 4.78 is 0. The van der Waals surface area contributed by atoms with Gasteiger partial charge in [-0.25, -0.2) is 19.6 Å². The lowest BCUT2D eigenvalue weighted by Crippen LogP contribution is -1.91. The fourth-order valence-electron chi connectivity index (χ4n) is 0.453. The number of rotatable bonds is 2. The molecule has 0 saturated carbocycles. The topological polar surface area (TPSA) is 147 Å². The van der Waals surface area contributed by atoms with Crippen LogP contribution in [0.25, 0.3) is 0 Å². The van der Waals surface area contributed by atoms with Crippen molar-refractivity contribution in [1.82, 2.24) is 9.97 Å². The number of aliphatic carboxylic acids is 2. The summed E-state index contributed by atoms with van der Waals surface area (Å²) in [6, 6.07) is 1.72. The van der Waals surface area contributed by atoms with E-state index in [9.17, 15) is 9.59 Å². The third kappa shape index (κ3) is 16.2. The normalized spacial score (nSPS) is 8.35. The highest BCUT2D eigenvalue weighted by Crippen LogP contribution is 1.81. The molecule has 1 heterocycles. The van der Waals surface area contributed by atoms with Crippen molar-refractivity contribution in [2.45, 2.75) is 0 Å². The highest BCUT2D eigenvalue weighted by molar-refractivity contribution is 5.89. The lowest BCUT2D eigenvalue weighted by molar-refractivity contribution is -0.134. The van der Waals surface area contributed by atoms with Gasteiger partial charge < -0.3 is 21.1 Å². The van der Waals surface area contributed by atoms with Crippen molar-refractivity contribution in [3.05, 3.63) is 30.6 Å². The first-order chi connectivity index (χ1) is 8.02. The molecule has 17 heavy (non-hydrogen) atoms. The number of aliphatic hydroxyl groups excluding tert-OH is 1. The van der Waals surface area contributed by atoms with Crippen molar-refractivity contribution in [2.24, 2.45) is 0 Å². The molecule has 1 aromatic heterocycles. The van der Waals surface area contributed by atoms with E-state index in [1.807, 2.05) is 0 Å². The molecule has 0 aliphatic carbocycles. The molecule has 8 nitrogen and oxygen atoms in total. The van der Waals surface area contributed by atoms with Crippen molar-refractivity contribution >= 4 is 17.9 Å². The van der Waals surface area contributed by atoms with Crippen LogP contribution in [-0.4, -0.2) is 44.3 Å². The molecular formula is C9H13N3O5. The van der Waals surface area contributed by atoms with Crippen LogP contribution in [0.1, 0.15) is 0 Å². The molecule has 0 saturated heterocycles. The van der Waals surface area contributed by atoms with E-state index in [-0.39, 0.29) is 0 Å². The van der Waals surface area contributed by atoms with Gasteiger partial charge in [0.15, 0.2) is 0 Å². The Hall–Kier alpha value is -2.48. The minimum Gasteiger partial charge on any atom is -0.478 e. The minimum absolute atomic E-state index is 0.322. The average Bonchev–Trinajstić information content (AvgIpc) is 2.31. The Balaban J connectivity index is 0. The Morgan fingerprint density at radius 3 is 1.65 bits per heavy atom. The van der Waals surface area contributed by atoms with Crippen molar-refractivity contribution < 1.29 is 24.9 Å². The number of anilines is 1. The SMILES string of the molecule is CO.Nc1ncccn1.O=C(O)/C=C/C(=O)O. The van der Waals surface area contributed by atoms with Crippen molar-refractivity contribution in [2.75, 3.05) is 12.8 Å². The number of aliphatic hydroxyl groups is 1. The second-order valence-electron chi connectivity index (χ2n) is 2.12. The molecule has 0 aliphatic heterocycles. The Morgan fingerprint density at radius 1 is 1.12 bits per heavy atom. The number of carbonyl (C=O) groups is 2. The largest absolute Gasteiger partial charge is 0.478 e. The molecule has 0 radical (unpaired) electrons. The molecular weight excluding hydrogens is 230 g/mol. The maximum atomic E-state index is 9.55. The van der Waals surface area contributed by atoms with E-state index in [1.165, 1.54) is 0 Å². The van der Waals surface area contributed by atoms with Crippen LogP contribution in [0.2, 0.25) is 0 Å². The Morgan fingerprint density at radius 2 is 1.47 bits per heavy atom. The van der Waals surface area contributed by atoms with Gasteiger partial charge >= 0.3 is 11.9 Å². The summed E-state index contributed by atoms with van der Waals surface area (Å²) in [5.74, 6) is -2.19. The highest BCUT2D eigenvalue weighted by Gasteiger charge is 1.88. The summed E-state index contributed by atoms with van der Waals surface area (Å²) in [5.41, 5.74) is 5.14. The van der Waals surface area contributed by atoms with Gasteiger partial charge in [-0.1, -0.05) is 0 Å². The monoisotopic (exact) mass is 243 g/mol. The molecule has 94 valence electrons. The van der Waals surface area contributed by atoms with Gasteiger partial charge in [0.05, 0.1) is 0 Å². The molecule has 5 N–H and O–H groups in total. The summed E-state index contributed by atoms with van der Waals surface area (Å²) in [4.78, 5) is 26.4. The number of hydrogen-bond donors (Lipinski definition) is 4. The number of carboxylic acid groups (broad SMARTS) is 2. The molecule has 0 fully saturated rings. The smallest absolute Gasteiger partial charge is 0.328 e. The molecule has 0 spiro atoms. The number of hydrogen-bond acceptors (Lipinski definition) is 6. The fraction of sp³-hybridized carbons (Fsp3) is 0.111. The average molecular weight is 243 g/mol. The Kier molecular flexibility index (Phi) is 11.5. The standard InChI is InChI=1S/C4H5N3.C4H4O4.CH4O/c5-4-6-2-1-3-7-4;5-3(6)1-2-4(7)8;1-2/h1-3H,(H2,5,6,7);1-2H,(H,5,6)(H,7,8);2H,1H3/b;2-1+;. The zero-order chi connectivity index (χ0) is 13.7. The van der Waals surface area contributed by atoms with Crippen LogP contribution in [0.5, 0.6) is 0 Å². The first kappa shape index (κ1) is 16.9. The quantitative estimate of drug-likeness (QED) is 0.502. The molecule has 0 amide bonds. The van der Waals surface area contributed by atoms with E-state index in [4.69, 9.17) is 21.1 Å². The van der Waals surface area contributed by atoms with E-state index >= 15 is 0 Å². The van der Waals surface area contributed by atoms with Crippen molar-refractivity contribution in [3.63, 3.8) is 0 Å². The molecule has 0 unspecified atom stereocenters. The van der Waals surface area contributed by atoms with E-state index < -0.39 is 11.9 Å². The summed E-state index contributed by atoms with van der Waals surface area (Å²) in [7, 11) is 1.00. The zero-order valence-corrected chi connectivity index (χ0v) is 9.02. The summed E-state index contributed by atoms with van der Waals surface area (Å²) >= 11 is 0. The molecule has 0 bridgehead atoms. The second kappa shape index (κ2) is 11.6. The minimum atomic E-state index is -1.26. The molecule has 0 atom stereocenters. The van der Waals surface area contributed by atoms with Crippen LogP contribution in [0.15, 0.2) is 30.6 Å². The van der Waals surface area contributed by atoms with Crippen LogP contribution in [-0.2, 0) is 9.59 Å². The van der Waals surface area contributed by atoms with E-state index in [0.29, 0.717) is 18.1 Å². The maximum Gasteiger partial charge on any atom is 0.328 e. The van der Waals surface area contributed by atoms with Gasteiger partial charge in [0.1, 0.15) is 0 Å². The zero-order valence-electron chi connectivity index (χ0n) is 9.02. The number of nitrogens with two attached hydrogens (primary N) is 1. The number of nitrogens with zero attached hydrogens (tertiary/aromatic N) is 2. The summed E-state index contributed by atoms with van der Waals surface area (Å²) in [6.45, 7) is 0. The van der Waals surface area contributed by atoms with Gasteiger partial charge in [-0.2, -0.15) is 0 Å². The van der Waals surface area contributed by atoms with E-state index in [1.54, 1.807) is 18.5 Å². The van der Waals surface area contributed by atoms with Crippen LogP contribution >= 0.6 is 0 Å². The number of carboxylic acids is 2. The third-order valence-electron chi connectivity index (χ3n) is 0.954. The third-order valence-corrected chi connectivity index (χ3v) is 0.954. The predicted molar refractivity (Wildman–Crippen MR) is 59.0 cm³/mol. The molecule has 1 rings (SSSR count). The van der Waals surface area contributed by atoms with Gasteiger partial charge in [0.2, 0.25) is 5.95 Å². The van der Waals surface area contributed by atoms with Gasteiger partial charge in [0, 0.05) is 31.7 Å². The van der Waals surface area contributed by atoms with Crippen molar-refractivity contribution in [1.29, 1.82) is 0 Å². The van der Waals surface area contributed by atoms with E-state index in [0.717, 1.165) is 7.11 Å². The first-order valence-corrected chi connectivity index (χ1v) is 4.13. The van der Waals surface area contributed by atoms with Crippen LogP contribution in [0.3, 0.4) is 0 Å². The van der Waals surface area contributed by atoms with Crippen LogP contribution < -0.4 is 5.73 Å². The predicted octanol–water partition coefficient (Wildman–Crippen LogP) is -0.621. The highest BCUT2D eigenvalue weighted by atomic mass is 16.4. The van der Waals surface area contributed by atoms with E-state index in [2.05, 4.69) is 9.97 Å². The van der Waals surface area contributed by atoms with Gasteiger partial charge in [0.25, 0.3) is 0 Å². The first-order valence-electron chi connectivity index (χ1n) is 4.13. The van der Waals surface area contributed by atoms with Crippen LogP contribution in [0.4, 0.5) is 5.95 Å². The number of nitrogen functional groups attached to an aromatic ring is 1. The molecule has 0 aromatic carbocycles. The second-order valence-corrected chi connectivity index (χ2v) is 2.12.